The molecule has 112 valence electrons. The van der Waals surface area contributed by atoms with Crippen LogP contribution in [0.1, 0.15) is 6.92 Å². The number of aliphatic hydroxyl groups excluding tert-OH is 1. The minimum atomic E-state index is -4.05. The summed E-state index contributed by atoms with van der Waals surface area (Å²) in [6.45, 7) is 1.19. The Bertz CT molecular complexity index is 605. The number of hydrogen-bond donors (Lipinski definition) is 3. The Hall–Kier alpha value is -1.26. The highest BCUT2D eigenvalue weighted by atomic mass is 35.5. The van der Waals surface area contributed by atoms with Crippen molar-refractivity contribution in [1.29, 1.82) is 0 Å². The lowest BCUT2D eigenvalue weighted by molar-refractivity contribution is -0.385. The number of rotatable bonds is 6. The highest BCUT2D eigenvalue weighted by Gasteiger charge is 2.22. The molecule has 1 aromatic carbocycles. The second-order valence-corrected chi connectivity index (χ2v) is 6.27. The number of aliphatic hydroxyl groups is 1. The number of nitro groups is 1. The molecular formula is C10H14ClN3O5S. The second kappa shape index (κ2) is 6.46. The molecule has 0 aromatic heterocycles. The molecule has 0 heterocycles. The molecule has 1 rings (SSSR count). The van der Waals surface area contributed by atoms with Crippen molar-refractivity contribution in [1.82, 2.24) is 4.72 Å². The summed E-state index contributed by atoms with van der Waals surface area (Å²) in [5.41, 5.74) is 5.11. The molecule has 0 saturated carbocycles. The van der Waals surface area contributed by atoms with Crippen molar-refractivity contribution in [3.8, 4) is 0 Å². The van der Waals surface area contributed by atoms with E-state index in [0.717, 1.165) is 18.2 Å². The zero-order chi connectivity index (χ0) is 15.5. The zero-order valence-corrected chi connectivity index (χ0v) is 12.1. The Morgan fingerprint density at radius 1 is 1.55 bits per heavy atom. The second-order valence-electron chi connectivity index (χ2n) is 4.13. The molecular weight excluding hydrogens is 310 g/mol. The van der Waals surface area contributed by atoms with Crippen molar-refractivity contribution >= 4 is 27.3 Å². The van der Waals surface area contributed by atoms with Crippen LogP contribution in [-0.2, 0) is 10.0 Å². The molecule has 0 aliphatic rings. The predicted molar refractivity (Wildman–Crippen MR) is 73.0 cm³/mol. The fraction of sp³-hybridized carbons (Fsp3) is 0.400. The molecule has 0 radical (unpaired) electrons. The summed E-state index contributed by atoms with van der Waals surface area (Å²) < 4.78 is 26.1. The number of nitrogens with two attached hydrogens (primary N) is 1. The highest BCUT2D eigenvalue weighted by Crippen LogP contribution is 2.25. The topological polar surface area (TPSA) is 136 Å². The molecule has 20 heavy (non-hydrogen) atoms. The van der Waals surface area contributed by atoms with E-state index in [2.05, 4.69) is 4.72 Å². The third-order valence-electron chi connectivity index (χ3n) is 2.54. The molecule has 4 N–H and O–H groups in total. The molecule has 0 saturated heterocycles. The van der Waals surface area contributed by atoms with Crippen LogP contribution < -0.4 is 10.5 Å². The maximum Gasteiger partial charge on any atom is 0.270 e. The normalized spacial score (nSPS) is 14.8. The maximum absolute atomic E-state index is 12.0. The van der Waals surface area contributed by atoms with Gasteiger partial charge in [0.25, 0.3) is 5.69 Å². The first kappa shape index (κ1) is 16.8. The van der Waals surface area contributed by atoms with Gasteiger partial charge in [0.1, 0.15) is 4.90 Å². The minimum Gasteiger partial charge on any atom is -0.392 e. The molecule has 2 unspecified atom stereocenters. The zero-order valence-electron chi connectivity index (χ0n) is 10.5. The van der Waals surface area contributed by atoms with Gasteiger partial charge in [-0.1, -0.05) is 11.6 Å². The van der Waals surface area contributed by atoms with E-state index in [9.17, 15) is 23.6 Å². The smallest absolute Gasteiger partial charge is 0.270 e. The summed E-state index contributed by atoms with van der Waals surface area (Å²) in [6, 6.07) is 2.28. The summed E-state index contributed by atoms with van der Waals surface area (Å²) in [5.74, 6) is 0. The number of benzene rings is 1. The average molecular weight is 324 g/mol. The van der Waals surface area contributed by atoms with E-state index in [1.165, 1.54) is 6.92 Å². The van der Waals surface area contributed by atoms with E-state index in [1.807, 2.05) is 0 Å². The van der Waals surface area contributed by atoms with Gasteiger partial charge in [-0.15, -0.1) is 0 Å². The molecule has 0 bridgehead atoms. The minimum absolute atomic E-state index is 0.145. The Morgan fingerprint density at radius 2 is 2.15 bits per heavy atom. The van der Waals surface area contributed by atoms with Crippen LogP contribution in [0.25, 0.3) is 0 Å². The Balaban J connectivity index is 3.03. The van der Waals surface area contributed by atoms with Crippen molar-refractivity contribution < 1.29 is 18.4 Å². The van der Waals surface area contributed by atoms with Crippen LogP contribution in [-0.4, -0.2) is 37.1 Å². The van der Waals surface area contributed by atoms with E-state index in [-0.39, 0.29) is 11.6 Å². The number of halogens is 1. The SMILES string of the molecule is CC(O)C(N)CNS(=O)(=O)c1cc([N+](=O)[O-])ccc1Cl. The van der Waals surface area contributed by atoms with Gasteiger partial charge in [-0.25, -0.2) is 13.1 Å². The summed E-state index contributed by atoms with van der Waals surface area (Å²) in [5, 5.41) is 19.7. The highest BCUT2D eigenvalue weighted by molar-refractivity contribution is 7.89. The lowest BCUT2D eigenvalue weighted by Gasteiger charge is -2.15. The molecule has 0 fully saturated rings. The fourth-order valence-corrected chi connectivity index (χ4v) is 2.86. The fourth-order valence-electron chi connectivity index (χ4n) is 1.27. The first-order valence-corrected chi connectivity index (χ1v) is 7.38. The maximum atomic E-state index is 12.0. The molecule has 0 amide bonds. The van der Waals surface area contributed by atoms with Crippen LogP contribution >= 0.6 is 11.6 Å². The summed E-state index contributed by atoms with van der Waals surface area (Å²) in [7, 11) is -4.05. The standard InChI is InChI=1S/C10H14ClN3O5S/c1-6(15)9(12)5-13-20(18,19)10-4-7(14(16)17)2-3-8(10)11/h2-4,6,9,13,15H,5,12H2,1H3. The summed E-state index contributed by atoms with van der Waals surface area (Å²) in [6.07, 6.45) is -0.904. The Labute approximate surface area is 120 Å². The lowest BCUT2D eigenvalue weighted by atomic mass is 10.2. The monoisotopic (exact) mass is 323 g/mol. The van der Waals surface area contributed by atoms with Gasteiger partial charge in [-0.05, 0) is 13.0 Å². The molecule has 0 aliphatic carbocycles. The van der Waals surface area contributed by atoms with Crippen molar-refractivity contribution in [2.24, 2.45) is 5.73 Å². The predicted octanol–water partition coefficient (Wildman–Crippen LogP) is 0.235. The third kappa shape index (κ3) is 4.12. The van der Waals surface area contributed by atoms with Gasteiger partial charge >= 0.3 is 0 Å². The molecule has 8 nitrogen and oxygen atoms in total. The number of sulfonamides is 1. The number of non-ortho nitro benzene ring substituents is 1. The largest absolute Gasteiger partial charge is 0.392 e. The van der Waals surface area contributed by atoms with Gasteiger partial charge < -0.3 is 10.8 Å². The first-order chi connectivity index (χ1) is 9.15. The summed E-state index contributed by atoms with van der Waals surface area (Å²) in [4.78, 5) is 9.50. The number of hydrogen-bond acceptors (Lipinski definition) is 6. The van der Waals surface area contributed by atoms with E-state index in [0.29, 0.717) is 0 Å². The average Bonchev–Trinajstić information content (AvgIpc) is 2.35. The van der Waals surface area contributed by atoms with Gasteiger partial charge in [0.2, 0.25) is 10.0 Å². The van der Waals surface area contributed by atoms with Gasteiger partial charge in [0.15, 0.2) is 0 Å². The molecule has 1 aromatic rings. The molecule has 2 atom stereocenters. The Kier molecular flexibility index (Phi) is 5.42. The van der Waals surface area contributed by atoms with E-state index in [4.69, 9.17) is 17.3 Å². The lowest BCUT2D eigenvalue weighted by Crippen LogP contribution is -2.43. The van der Waals surface area contributed by atoms with Gasteiger partial charge in [-0.2, -0.15) is 0 Å². The molecule has 10 heteroatoms. The van der Waals surface area contributed by atoms with Crippen molar-refractivity contribution in [3.63, 3.8) is 0 Å². The van der Waals surface area contributed by atoms with Crippen molar-refractivity contribution in [2.75, 3.05) is 6.54 Å². The van der Waals surface area contributed by atoms with Crippen LogP contribution in [0.15, 0.2) is 23.1 Å². The van der Waals surface area contributed by atoms with Gasteiger partial charge in [-0.3, -0.25) is 10.1 Å². The van der Waals surface area contributed by atoms with Gasteiger partial charge in [0.05, 0.1) is 16.0 Å². The van der Waals surface area contributed by atoms with Crippen molar-refractivity contribution in [3.05, 3.63) is 33.3 Å². The number of nitrogens with zero attached hydrogens (tertiary/aromatic N) is 1. The van der Waals surface area contributed by atoms with E-state index >= 15 is 0 Å². The quantitative estimate of drug-likeness (QED) is 0.506. The molecule has 0 spiro atoms. The third-order valence-corrected chi connectivity index (χ3v) is 4.45. The van der Waals surface area contributed by atoms with Crippen LogP contribution in [0.4, 0.5) is 5.69 Å². The molecule has 0 aliphatic heterocycles. The summed E-state index contributed by atoms with van der Waals surface area (Å²) >= 11 is 5.74. The van der Waals surface area contributed by atoms with Crippen molar-refractivity contribution in [2.45, 2.75) is 24.0 Å². The number of nitro benzene ring substituents is 1. The van der Waals surface area contributed by atoms with Crippen LogP contribution in [0.5, 0.6) is 0 Å². The van der Waals surface area contributed by atoms with Crippen LogP contribution in [0.2, 0.25) is 5.02 Å². The van der Waals surface area contributed by atoms with Crippen LogP contribution in [0, 0.1) is 10.1 Å². The Morgan fingerprint density at radius 3 is 2.65 bits per heavy atom. The first-order valence-electron chi connectivity index (χ1n) is 5.52. The number of nitrogens with one attached hydrogen (secondary N) is 1. The van der Waals surface area contributed by atoms with Crippen LogP contribution in [0.3, 0.4) is 0 Å². The van der Waals surface area contributed by atoms with Gasteiger partial charge in [0, 0.05) is 24.7 Å². The van der Waals surface area contributed by atoms with E-state index in [1.54, 1.807) is 0 Å². The van der Waals surface area contributed by atoms with E-state index < -0.39 is 37.7 Å².